The lowest BCUT2D eigenvalue weighted by molar-refractivity contribution is -0.137. The first-order valence-electron chi connectivity index (χ1n) is 11.0. The fourth-order valence-electron chi connectivity index (χ4n) is 3.47. The summed E-state index contributed by atoms with van der Waals surface area (Å²) in [5, 5.41) is 0. The maximum Gasteiger partial charge on any atom is 0.416 e. The van der Waals surface area contributed by atoms with Crippen LogP contribution in [0.4, 0.5) is 13.2 Å². The molecule has 3 aromatic carbocycles. The van der Waals surface area contributed by atoms with Crippen molar-refractivity contribution in [3.05, 3.63) is 89.5 Å². The Morgan fingerprint density at radius 2 is 1.61 bits per heavy atom. The van der Waals surface area contributed by atoms with E-state index in [9.17, 15) is 26.4 Å². The molecule has 0 fully saturated rings. The lowest BCUT2D eigenvalue weighted by atomic mass is 10.1. The van der Waals surface area contributed by atoms with Crippen molar-refractivity contribution in [2.24, 2.45) is 5.92 Å². The molecule has 0 saturated carbocycles. The number of halogens is 3. The summed E-state index contributed by atoms with van der Waals surface area (Å²) in [7, 11) is -2.96. The maximum absolute atomic E-state index is 13.1. The van der Waals surface area contributed by atoms with E-state index >= 15 is 0 Å². The number of amides is 1. The minimum atomic E-state index is -4.68. The molecule has 10 heteroatoms. The van der Waals surface area contributed by atoms with E-state index in [1.807, 2.05) is 13.8 Å². The van der Waals surface area contributed by atoms with Crippen molar-refractivity contribution in [3.63, 3.8) is 0 Å². The van der Waals surface area contributed by atoms with Gasteiger partial charge in [0.25, 0.3) is 5.91 Å². The summed E-state index contributed by atoms with van der Waals surface area (Å²) >= 11 is 0. The molecule has 0 saturated heterocycles. The van der Waals surface area contributed by atoms with Gasteiger partial charge in [-0.25, -0.2) is 0 Å². The third-order valence-corrected chi connectivity index (χ3v) is 6.39. The molecule has 0 spiro atoms. The highest BCUT2D eigenvalue weighted by molar-refractivity contribution is 7.87. The zero-order chi connectivity index (χ0) is 26.5. The molecule has 0 aromatic heterocycles. The quantitative estimate of drug-likeness (QED) is 0.334. The average molecular weight is 522 g/mol. The number of ether oxygens (including phenoxy) is 1. The molecule has 3 aromatic rings. The Bertz CT molecular complexity index is 1310. The van der Waals surface area contributed by atoms with Crippen molar-refractivity contribution < 1.29 is 35.3 Å². The van der Waals surface area contributed by atoms with E-state index in [1.165, 1.54) is 19.2 Å². The third-order valence-electron chi connectivity index (χ3n) is 5.14. The van der Waals surface area contributed by atoms with E-state index in [1.54, 1.807) is 41.3 Å². The van der Waals surface area contributed by atoms with Gasteiger partial charge < -0.3 is 13.8 Å². The smallest absolute Gasteiger partial charge is 0.416 e. The molecule has 0 aliphatic heterocycles. The molecule has 0 aliphatic rings. The fourth-order valence-corrected chi connectivity index (χ4v) is 4.45. The van der Waals surface area contributed by atoms with Gasteiger partial charge in [0.15, 0.2) is 0 Å². The lowest BCUT2D eigenvalue weighted by Gasteiger charge is -2.25. The number of nitrogens with zero attached hydrogens (tertiary/aromatic N) is 1. The van der Waals surface area contributed by atoms with Gasteiger partial charge in [-0.2, -0.15) is 21.6 Å². The number of carbonyl (C=O) groups excluding carboxylic acids is 1. The van der Waals surface area contributed by atoms with Crippen molar-refractivity contribution in [3.8, 4) is 11.5 Å². The Morgan fingerprint density at radius 3 is 2.22 bits per heavy atom. The second-order valence-electron chi connectivity index (χ2n) is 8.52. The van der Waals surface area contributed by atoms with Gasteiger partial charge in [0.05, 0.1) is 12.7 Å². The summed E-state index contributed by atoms with van der Waals surface area (Å²) in [6.07, 6.45) is -4.68. The average Bonchev–Trinajstić information content (AvgIpc) is 2.83. The third kappa shape index (κ3) is 7.00. The van der Waals surface area contributed by atoms with Crippen LogP contribution in [0, 0.1) is 5.92 Å². The normalized spacial score (nSPS) is 11.9. The largest absolute Gasteiger partial charge is 0.497 e. The molecular formula is C26H26F3NO5S. The van der Waals surface area contributed by atoms with E-state index in [4.69, 9.17) is 8.92 Å². The molecule has 0 unspecified atom stereocenters. The van der Waals surface area contributed by atoms with Crippen LogP contribution >= 0.6 is 0 Å². The number of methoxy groups -OCH3 is 1. The van der Waals surface area contributed by atoms with Crippen LogP contribution in [-0.4, -0.2) is 32.9 Å². The summed E-state index contributed by atoms with van der Waals surface area (Å²) in [6.45, 7) is 4.72. The van der Waals surface area contributed by atoms with Crippen LogP contribution in [-0.2, 0) is 22.8 Å². The highest BCUT2D eigenvalue weighted by atomic mass is 32.2. The zero-order valence-electron chi connectivity index (χ0n) is 20.0. The minimum Gasteiger partial charge on any atom is -0.497 e. The van der Waals surface area contributed by atoms with Gasteiger partial charge in [0, 0.05) is 18.7 Å². The molecule has 192 valence electrons. The van der Waals surface area contributed by atoms with Crippen LogP contribution < -0.4 is 8.92 Å². The number of hydrogen-bond acceptors (Lipinski definition) is 5. The molecule has 0 atom stereocenters. The Kier molecular flexibility index (Phi) is 8.29. The van der Waals surface area contributed by atoms with E-state index < -0.39 is 26.8 Å². The minimum absolute atomic E-state index is 0.0642. The second-order valence-corrected chi connectivity index (χ2v) is 10.1. The second kappa shape index (κ2) is 11.0. The van der Waals surface area contributed by atoms with Gasteiger partial charge in [0.1, 0.15) is 16.4 Å². The van der Waals surface area contributed by atoms with Crippen LogP contribution in [0.25, 0.3) is 0 Å². The highest BCUT2D eigenvalue weighted by Crippen LogP contribution is 2.31. The van der Waals surface area contributed by atoms with Crippen molar-refractivity contribution in [1.82, 2.24) is 4.90 Å². The molecule has 3 rings (SSSR count). The Labute approximate surface area is 208 Å². The molecule has 1 amide bonds. The van der Waals surface area contributed by atoms with Gasteiger partial charge in [-0.05, 0) is 60.0 Å². The van der Waals surface area contributed by atoms with E-state index in [-0.39, 0.29) is 24.1 Å². The number of hydrogen-bond donors (Lipinski definition) is 0. The van der Waals surface area contributed by atoms with Crippen LogP contribution in [0.1, 0.15) is 35.3 Å². The maximum atomic E-state index is 13.1. The van der Waals surface area contributed by atoms with E-state index in [0.29, 0.717) is 23.9 Å². The topological polar surface area (TPSA) is 72.9 Å². The van der Waals surface area contributed by atoms with Gasteiger partial charge in [0.2, 0.25) is 0 Å². The van der Waals surface area contributed by atoms with Crippen molar-refractivity contribution in [2.45, 2.75) is 31.5 Å². The molecule has 0 N–H and O–H groups in total. The molecule has 6 nitrogen and oxygen atoms in total. The van der Waals surface area contributed by atoms with Crippen LogP contribution in [0.15, 0.2) is 77.7 Å². The van der Waals surface area contributed by atoms with Crippen LogP contribution in [0.5, 0.6) is 11.5 Å². The SMILES string of the molecule is COc1cccc(C(=O)N(Cc2ccc(OS(=O)(=O)c3cccc(C(F)(F)F)c3)cc2)CC(C)C)c1. The summed E-state index contributed by atoms with van der Waals surface area (Å²) in [4.78, 5) is 14.2. The first kappa shape index (κ1) is 27.1. The molecule has 0 radical (unpaired) electrons. The zero-order valence-corrected chi connectivity index (χ0v) is 20.8. The Morgan fingerprint density at radius 1 is 0.944 bits per heavy atom. The standard InChI is InChI=1S/C26H26F3NO5S/c1-18(2)16-30(25(31)20-6-4-8-23(14-20)34-3)17-19-10-12-22(13-11-19)35-36(32,33)24-9-5-7-21(15-24)26(27,28)29/h4-15,18H,16-17H2,1-3H3. The number of alkyl halides is 3. The lowest BCUT2D eigenvalue weighted by Crippen LogP contribution is -2.33. The monoisotopic (exact) mass is 521 g/mol. The van der Waals surface area contributed by atoms with Crippen LogP contribution in [0.3, 0.4) is 0 Å². The first-order valence-corrected chi connectivity index (χ1v) is 12.4. The molecule has 0 bridgehead atoms. The van der Waals surface area contributed by atoms with Crippen molar-refractivity contribution >= 4 is 16.0 Å². The number of carbonyl (C=O) groups is 1. The van der Waals surface area contributed by atoms with Crippen molar-refractivity contribution in [2.75, 3.05) is 13.7 Å². The van der Waals surface area contributed by atoms with E-state index in [0.717, 1.165) is 23.8 Å². The number of rotatable bonds is 9. The molecule has 36 heavy (non-hydrogen) atoms. The highest BCUT2D eigenvalue weighted by Gasteiger charge is 2.32. The van der Waals surface area contributed by atoms with Crippen LogP contribution in [0.2, 0.25) is 0 Å². The number of benzene rings is 3. The van der Waals surface area contributed by atoms with Gasteiger partial charge in [-0.1, -0.05) is 38.1 Å². The van der Waals surface area contributed by atoms with E-state index in [2.05, 4.69) is 0 Å². The predicted molar refractivity (Wildman–Crippen MR) is 128 cm³/mol. The molecule has 0 heterocycles. The Balaban J connectivity index is 1.76. The molecular weight excluding hydrogens is 495 g/mol. The molecule has 0 aliphatic carbocycles. The summed E-state index contributed by atoms with van der Waals surface area (Å²) in [5.41, 5.74) is 0.103. The Hall–Kier alpha value is -3.53. The summed E-state index contributed by atoms with van der Waals surface area (Å²) < 4.78 is 74.1. The summed E-state index contributed by atoms with van der Waals surface area (Å²) in [5.74, 6) is 0.509. The van der Waals surface area contributed by atoms with Gasteiger partial charge >= 0.3 is 16.3 Å². The van der Waals surface area contributed by atoms with Gasteiger partial charge in [-0.15, -0.1) is 0 Å². The summed E-state index contributed by atoms with van der Waals surface area (Å²) in [6, 6.07) is 16.2. The first-order chi connectivity index (χ1) is 16.9. The van der Waals surface area contributed by atoms with Crippen molar-refractivity contribution in [1.29, 1.82) is 0 Å². The van der Waals surface area contributed by atoms with Gasteiger partial charge in [-0.3, -0.25) is 4.79 Å². The fraction of sp³-hybridized carbons (Fsp3) is 0.269. The predicted octanol–water partition coefficient (Wildman–Crippen LogP) is 5.78.